The van der Waals surface area contributed by atoms with Crippen molar-refractivity contribution < 1.29 is 24.6 Å². The van der Waals surface area contributed by atoms with E-state index in [1.165, 1.54) is 0 Å². The van der Waals surface area contributed by atoms with Crippen LogP contribution in [-0.4, -0.2) is 52.2 Å². The molecule has 0 bridgehead atoms. The third kappa shape index (κ3) is 7.21. The van der Waals surface area contributed by atoms with Crippen molar-refractivity contribution in [3.8, 4) is 0 Å². The smallest absolute Gasteiger partial charge is 0.313 e. The van der Waals surface area contributed by atoms with Crippen LogP contribution < -0.4 is 11.1 Å². The molecule has 8 heteroatoms. The SMILES string of the molecule is NCN[C@@H](CSCC(=O)O)C(=O)CC(=O)O. The number of carbonyl (C=O) groups is 3. The van der Waals surface area contributed by atoms with Gasteiger partial charge in [-0.3, -0.25) is 19.7 Å². The Morgan fingerprint density at radius 2 is 1.88 bits per heavy atom. The highest BCUT2D eigenvalue weighted by Crippen LogP contribution is 2.05. The first-order valence-corrected chi connectivity index (χ1v) is 5.60. The fourth-order valence-electron chi connectivity index (χ4n) is 0.944. The standard InChI is InChI=1S/C8H14N2O5S/c9-4-10-5(2-16-3-8(14)15)6(11)1-7(12)13/h5,10H,1-4,9H2,(H,12,13)(H,14,15)/t5-/m0/s1. The van der Waals surface area contributed by atoms with Crippen LogP contribution in [-0.2, 0) is 14.4 Å². The van der Waals surface area contributed by atoms with Gasteiger partial charge in [0.2, 0.25) is 0 Å². The lowest BCUT2D eigenvalue weighted by Crippen LogP contribution is -2.42. The first-order valence-electron chi connectivity index (χ1n) is 4.44. The van der Waals surface area contributed by atoms with E-state index in [9.17, 15) is 14.4 Å². The topological polar surface area (TPSA) is 130 Å². The maximum absolute atomic E-state index is 11.4. The summed E-state index contributed by atoms with van der Waals surface area (Å²) < 4.78 is 0. The monoisotopic (exact) mass is 250 g/mol. The molecular weight excluding hydrogens is 236 g/mol. The normalized spacial score (nSPS) is 12.1. The van der Waals surface area contributed by atoms with Gasteiger partial charge in [0.25, 0.3) is 0 Å². The van der Waals surface area contributed by atoms with E-state index in [0.29, 0.717) is 0 Å². The highest BCUT2D eigenvalue weighted by atomic mass is 32.2. The molecule has 0 saturated carbocycles. The van der Waals surface area contributed by atoms with E-state index in [-0.39, 0.29) is 18.2 Å². The Bertz CT molecular complexity index is 271. The molecule has 0 aromatic heterocycles. The minimum absolute atomic E-state index is 0.0314. The number of hydrogen-bond acceptors (Lipinski definition) is 6. The largest absolute Gasteiger partial charge is 0.481 e. The summed E-state index contributed by atoms with van der Waals surface area (Å²) >= 11 is 1.03. The Morgan fingerprint density at radius 1 is 1.25 bits per heavy atom. The van der Waals surface area contributed by atoms with Gasteiger partial charge < -0.3 is 15.9 Å². The molecular formula is C8H14N2O5S. The number of carboxylic acids is 2. The minimum atomic E-state index is -1.21. The number of carbonyl (C=O) groups excluding carboxylic acids is 1. The Morgan fingerprint density at radius 3 is 2.31 bits per heavy atom. The van der Waals surface area contributed by atoms with Gasteiger partial charge in [0.1, 0.15) is 6.42 Å². The molecule has 0 aliphatic rings. The van der Waals surface area contributed by atoms with E-state index in [0.717, 1.165) is 11.8 Å². The first-order chi connectivity index (χ1) is 7.47. The minimum Gasteiger partial charge on any atom is -0.481 e. The molecule has 0 aliphatic carbocycles. The summed E-state index contributed by atoms with van der Waals surface area (Å²) in [4.78, 5) is 31.9. The molecule has 1 atom stereocenters. The van der Waals surface area contributed by atoms with E-state index in [4.69, 9.17) is 15.9 Å². The second-order valence-electron chi connectivity index (χ2n) is 2.91. The van der Waals surface area contributed by atoms with Gasteiger partial charge in [-0.1, -0.05) is 0 Å². The van der Waals surface area contributed by atoms with Crippen LogP contribution in [0, 0.1) is 0 Å². The zero-order valence-electron chi connectivity index (χ0n) is 8.51. The van der Waals surface area contributed by atoms with Crippen LogP contribution in [0.15, 0.2) is 0 Å². The molecule has 0 spiro atoms. The number of thioether (sulfide) groups is 1. The van der Waals surface area contributed by atoms with Gasteiger partial charge in [0, 0.05) is 12.4 Å². The Labute approximate surface area is 96.4 Å². The van der Waals surface area contributed by atoms with Gasteiger partial charge in [-0.25, -0.2) is 0 Å². The summed E-state index contributed by atoms with van der Waals surface area (Å²) in [5, 5.41) is 19.4. The van der Waals surface area contributed by atoms with Crippen molar-refractivity contribution in [3.05, 3.63) is 0 Å². The van der Waals surface area contributed by atoms with Gasteiger partial charge in [0.15, 0.2) is 5.78 Å². The highest BCUT2D eigenvalue weighted by molar-refractivity contribution is 8.00. The van der Waals surface area contributed by atoms with Crippen LogP contribution in [0.25, 0.3) is 0 Å². The molecule has 0 radical (unpaired) electrons. The third-order valence-electron chi connectivity index (χ3n) is 1.59. The molecule has 0 unspecified atom stereocenters. The number of aliphatic carboxylic acids is 2. The van der Waals surface area contributed by atoms with Gasteiger partial charge in [-0.05, 0) is 0 Å². The van der Waals surface area contributed by atoms with E-state index in [1.807, 2.05) is 0 Å². The molecule has 5 N–H and O–H groups in total. The van der Waals surface area contributed by atoms with Crippen molar-refractivity contribution >= 4 is 29.5 Å². The maximum atomic E-state index is 11.4. The first kappa shape index (κ1) is 14.9. The lowest BCUT2D eigenvalue weighted by Gasteiger charge is -2.14. The number of rotatable bonds is 9. The number of ketones is 1. The van der Waals surface area contributed by atoms with E-state index in [1.54, 1.807) is 0 Å². The summed E-state index contributed by atoms with van der Waals surface area (Å²) in [6, 6.07) is -0.717. The predicted octanol–water partition coefficient (Wildman–Crippen LogP) is -1.28. The predicted molar refractivity (Wildman–Crippen MR) is 58.2 cm³/mol. The highest BCUT2D eigenvalue weighted by Gasteiger charge is 2.20. The quantitative estimate of drug-likeness (QED) is 0.294. The van der Waals surface area contributed by atoms with Crippen molar-refractivity contribution in [1.29, 1.82) is 0 Å². The Kier molecular flexibility index (Phi) is 7.52. The second-order valence-corrected chi connectivity index (χ2v) is 3.94. The fraction of sp³-hybridized carbons (Fsp3) is 0.625. The summed E-state index contributed by atoms with van der Waals surface area (Å²) in [7, 11) is 0. The lowest BCUT2D eigenvalue weighted by atomic mass is 10.1. The molecule has 0 aromatic rings. The lowest BCUT2D eigenvalue weighted by molar-refractivity contribution is -0.140. The van der Waals surface area contributed by atoms with Crippen LogP contribution in [0.3, 0.4) is 0 Å². The Balaban J connectivity index is 4.09. The van der Waals surface area contributed by atoms with Crippen LogP contribution in [0.5, 0.6) is 0 Å². The number of hydrogen-bond donors (Lipinski definition) is 4. The molecule has 0 rings (SSSR count). The van der Waals surface area contributed by atoms with Gasteiger partial charge in [-0.2, -0.15) is 0 Å². The van der Waals surface area contributed by atoms with E-state index >= 15 is 0 Å². The summed E-state index contributed by atoms with van der Waals surface area (Å²) in [6.45, 7) is 0.0314. The Hall–Kier alpha value is -1.12. The average molecular weight is 250 g/mol. The van der Waals surface area contributed by atoms with E-state index in [2.05, 4.69) is 5.32 Å². The fourth-order valence-corrected chi connectivity index (χ4v) is 1.78. The maximum Gasteiger partial charge on any atom is 0.313 e. The van der Waals surface area contributed by atoms with E-state index < -0.39 is 30.2 Å². The van der Waals surface area contributed by atoms with Gasteiger partial charge in [0.05, 0.1) is 11.8 Å². The third-order valence-corrected chi connectivity index (χ3v) is 2.61. The molecule has 92 valence electrons. The average Bonchev–Trinajstić information content (AvgIpc) is 2.14. The van der Waals surface area contributed by atoms with Crippen molar-refractivity contribution in [3.63, 3.8) is 0 Å². The van der Waals surface area contributed by atoms with Crippen molar-refractivity contribution in [2.75, 3.05) is 18.2 Å². The summed E-state index contributed by atoms with van der Waals surface area (Å²) in [6.07, 6.45) is -0.592. The molecule has 0 saturated heterocycles. The molecule has 0 amide bonds. The van der Waals surface area contributed by atoms with Gasteiger partial charge in [-0.15, -0.1) is 11.8 Å². The van der Waals surface area contributed by atoms with Crippen LogP contribution in [0.4, 0.5) is 0 Å². The molecule has 0 aliphatic heterocycles. The van der Waals surface area contributed by atoms with Gasteiger partial charge >= 0.3 is 11.9 Å². The second kappa shape index (κ2) is 8.08. The molecule has 16 heavy (non-hydrogen) atoms. The number of Topliss-reactive ketones (excluding diaryl/α,β-unsaturated/α-hetero) is 1. The molecule has 0 heterocycles. The number of nitrogens with one attached hydrogen (secondary N) is 1. The van der Waals surface area contributed by atoms with Crippen molar-refractivity contribution in [1.82, 2.24) is 5.32 Å². The number of carboxylic acid groups (broad SMARTS) is 2. The van der Waals surface area contributed by atoms with Crippen molar-refractivity contribution in [2.24, 2.45) is 5.73 Å². The zero-order chi connectivity index (χ0) is 12.6. The van der Waals surface area contributed by atoms with Crippen molar-refractivity contribution in [2.45, 2.75) is 12.5 Å². The molecule has 0 fully saturated rings. The summed E-state index contributed by atoms with van der Waals surface area (Å²) in [5.41, 5.74) is 5.19. The van der Waals surface area contributed by atoms with Crippen LogP contribution >= 0.6 is 11.8 Å². The zero-order valence-corrected chi connectivity index (χ0v) is 9.33. The molecule has 7 nitrogen and oxygen atoms in total. The number of nitrogens with two attached hydrogens (primary N) is 1. The summed E-state index contributed by atoms with van der Waals surface area (Å²) in [5.74, 6) is -2.64. The van der Waals surface area contributed by atoms with Crippen LogP contribution in [0.2, 0.25) is 0 Å². The molecule has 0 aromatic carbocycles. The van der Waals surface area contributed by atoms with Crippen LogP contribution in [0.1, 0.15) is 6.42 Å².